The minimum Gasteiger partial charge on any atom is -0.294 e. The van der Waals surface area contributed by atoms with Crippen molar-refractivity contribution in [1.82, 2.24) is 5.32 Å². The van der Waals surface area contributed by atoms with Crippen LogP contribution in [0.25, 0.3) is 0 Å². The Balaban J connectivity index is 2.05. The summed E-state index contributed by atoms with van der Waals surface area (Å²) < 4.78 is 0. The lowest BCUT2D eigenvalue weighted by Gasteiger charge is -2.08. The average molecular weight is 335 g/mol. The third kappa shape index (κ3) is 2.78. The number of benzene rings is 2. The number of hydrogen-bond donors (Lipinski definition) is 1. The molecule has 0 fully saturated rings. The quantitative estimate of drug-likeness (QED) is 0.682. The van der Waals surface area contributed by atoms with Crippen molar-refractivity contribution >= 4 is 29.2 Å². The molecule has 0 bridgehead atoms. The first-order valence-electron chi connectivity index (χ1n) is 7.50. The molecule has 0 aromatic heterocycles. The number of hydrogen-bond acceptors (Lipinski definition) is 5. The van der Waals surface area contributed by atoms with E-state index in [4.69, 9.17) is 0 Å². The monoisotopic (exact) mass is 335 g/mol. The lowest BCUT2D eigenvalue weighted by molar-refractivity contribution is 0.0877. The Morgan fingerprint density at radius 1 is 0.720 bits per heavy atom. The molecule has 0 aliphatic carbocycles. The molecular formula is C19H13NO5. The molecular weight excluding hydrogens is 322 g/mol. The van der Waals surface area contributed by atoms with E-state index in [1.807, 2.05) is 0 Å². The first-order valence-corrected chi connectivity index (χ1v) is 7.50. The highest BCUT2D eigenvalue weighted by Gasteiger charge is 2.27. The molecule has 0 saturated carbocycles. The third-order valence-electron chi connectivity index (χ3n) is 4.04. The summed E-state index contributed by atoms with van der Waals surface area (Å²) in [4.78, 5) is 59.3. The van der Waals surface area contributed by atoms with E-state index in [1.165, 1.54) is 50.2 Å². The van der Waals surface area contributed by atoms with Gasteiger partial charge in [-0.25, -0.2) is 0 Å². The summed E-state index contributed by atoms with van der Waals surface area (Å²) >= 11 is 0. The van der Waals surface area contributed by atoms with Crippen molar-refractivity contribution in [3.05, 3.63) is 69.8 Å². The van der Waals surface area contributed by atoms with Gasteiger partial charge in [-0.1, -0.05) is 12.1 Å². The van der Waals surface area contributed by atoms with Crippen LogP contribution < -0.4 is 5.32 Å². The van der Waals surface area contributed by atoms with Crippen LogP contribution in [0, 0.1) is 0 Å². The smallest absolute Gasteiger partial charge is 0.258 e. The lowest BCUT2D eigenvalue weighted by Crippen LogP contribution is -2.19. The van der Waals surface area contributed by atoms with Crippen molar-refractivity contribution in [2.75, 3.05) is 0 Å². The van der Waals surface area contributed by atoms with Crippen molar-refractivity contribution in [1.29, 1.82) is 0 Å². The van der Waals surface area contributed by atoms with Crippen LogP contribution in [0.4, 0.5) is 0 Å². The highest BCUT2D eigenvalue weighted by Crippen LogP contribution is 2.21. The van der Waals surface area contributed by atoms with Gasteiger partial charge in [0.1, 0.15) is 0 Å². The van der Waals surface area contributed by atoms with Gasteiger partial charge in [0.2, 0.25) is 0 Å². The molecule has 0 unspecified atom stereocenters. The number of ketones is 3. The molecule has 1 N–H and O–H groups in total. The van der Waals surface area contributed by atoms with Gasteiger partial charge < -0.3 is 0 Å². The Labute approximate surface area is 142 Å². The largest absolute Gasteiger partial charge is 0.294 e. The van der Waals surface area contributed by atoms with E-state index in [1.54, 1.807) is 0 Å². The summed E-state index contributed by atoms with van der Waals surface area (Å²) in [6.07, 6.45) is 0. The average Bonchev–Trinajstić information content (AvgIpc) is 2.87. The zero-order valence-electron chi connectivity index (χ0n) is 13.5. The maximum Gasteiger partial charge on any atom is 0.258 e. The minimum atomic E-state index is -0.550. The van der Waals surface area contributed by atoms with Crippen LogP contribution in [0.2, 0.25) is 0 Å². The van der Waals surface area contributed by atoms with Crippen molar-refractivity contribution < 1.29 is 24.0 Å². The molecule has 3 rings (SSSR count). The normalized spacial score (nSPS) is 12.6. The van der Waals surface area contributed by atoms with E-state index >= 15 is 0 Å². The number of nitrogens with one attached hydrogen (secondary N) is 1. The molecule has 0 atom stereocenters. The van der Waals surface area contributed by atoms with Gasteiger partial charge in [-0.3, -0.25) is 29.3 Å². The summed E-state index contributed by atoms with van der Waals surface area (Å²) in [7, 11) is 0. The van der Waals surface area contributed by atoms with E-state index in [-0.39, 0.29) is 44.9 Å². The van der Waals surface area contributed by atoms with E-state index in [2.05, 4.69) is 5.32 Å². The predicted octanol–water partition coefficient (Wildman–Crippen LogP) is 2.21. The van der Waals surface area contributed by atoms with Crippen LogP contribution in [-0.4, -0.2) is 29.2 Å². The van der Waals surface area contributed by atoms with E-state index in [0.29, 0.717) is 0 Å². The number of fused-ring (bicyclic) bond motifs is 1. The van der Waals surface area contributed by atoms with Gasteiger partial charge in [0.05, 0.1) is 11.1 Å². The fourth-order valence-corrected chi connectivity index (χ4v) is 2.76. The number of Topliss-reactive ketones (excluding diaryl/α,β-unsaturated/α-hetero) is 2. The van der Waals surface area contributed by atoms with Crippen molar-refractivity contribution in [2.45, 2.75) is 13.8 Å². The molecule has 0 radical (unpaired) electrons. The summed E-state index contributed by atoms with van der Waals surface area (Å²) in [5.41, 5.74) is 1.23. The maximum atomic E-state index is 12.7. The van der Waals surface area contributed by atoms with E-state index in [9.17, 15) is 24.0 Å². The Morgan fingerprint density at radius 3 is 1.92 bits per heavy atom. The topological polar surface area (TPSA) is 97.4 Å². The van der Waals surface area contributed by atoms with Gasteiger partial charge in [0, 0.05) is 22.3 Å². The van der Waals surface area contributed by atoms with Gasteiger partial charge in [-0.15, -0.1) is 0 Å². The fourth-order valence-electron chi connectivity index (χ4n) is 2.76. The first-order chi connectivity index (χ1) is 11.8. The fraction of sp³-hybridized carbons (Fsp3) is 0.105. The summed E-state index contributed by atoms with van der Waals surface area (Å²) in [6, 6.07) is 8.49. The van der Waals surface area contributed by atoms with E-state index in [0.717, 1.165) is 0 Å². The first kappa shape index (κ1) is 16.4. The zero-order chi connectivity index (χ0) is 18.3. The van der Waals surface area contributed by atoms with Gasteiger partial charge in [-0.2, -0.15) is 0 Å². The van der Waals surface area contributed by atoms with Crippen molar-refractivity contribution in [2.24, 2.45) is 0 Å². The summed E-state index contributed by atoms with van der Waals surface area (Å²) in [5, 5.41) is 2.16. The molecule has 2 aromatic rings. The number of rotatable bonds is 4. The highest BCUT2D eigenvalue weighted by molar-refractivity contribution is 6.23. The van der Waals surface area contributed by atoms with Gasteiger partial charge in [0.15, 0.2) is 17.3 Å². The number of amides is 2. The SMILES string of the molecule is CC(=O)c1ccc(C(=O)c2ccc3c(c2)C(=O)NC3=O)cc1C(C)=O. The summed E-state index contributed by atoms with van der Waals surface area (Å²) in [5.74, 6) is -2.04. The van der Waals surface area contributed by atoms with E-state index < -0.39 is 17.6 Å². The van der Waals surface area contributed by atoms with Crippen molar-refractivity contribution in [3.8, 4) is 0 Å². The van der Waals surface area contributed by atoms with Crippen LogP contribution in [0.15, 0.2) is 36.4 Å². The molecule has 25 heavy (non-hydrogen) atoms. The number of imide groups is 1. The molecule has 124 valence electrons. The molecule has 1 heterocycles. The Bertz CT molecular complexity index is 987. The molecule has 0 spiro atoms. The molecule has 2 amide bonds. The number of carbonyl (C=O) groups excluding carboxylic acids is 5. The van der Waals surface area contributed by atoms with Crippen LogP contribution in [-0.2, 0) is 0 Å². The second-order valence-corrected chi connectivity index (χ2v) is 5.75. The summed E-state index contributed by atoms with van der Waals surface area (Å²) in [6.45, 7) is 2.67. The standard InChI is InChI=1S/C19H13NO5/c1-9(21)13-5-3-11(7-15(13)10(2)22)17(23)12-4-6-14-16(8-12)19(25)20-18(14)24/h3-8H,1-2H3,(H,20,24,25). The Morgan fingerprint density at radius 2 is 1.28 bits per heavy atom. The number of carbonyl (C=O) groups is 5. The van der Waals surface area contributed by atoms with Crippen LogP contribution in [0.1, 0.15) is 71.2 Å². The molecule has 6 nitrogen and oxygen atoms in total. The van der Waals surface area contributed by atoms with Gasteiger partial charge in [0.25, 0.3) is 11.8 Å². The van der Waals surface area contributed by atoms with Gasteiger partial charge >= 0.3 is 0 Å². The van der Waals surface area contributed by atoms with Crippen molar-refractivity contribution in [3.63, 3.8) is 0 Å². The van der Waals surface area contributed by atoms with Crippen LogP contribution in [0.3, 0.4) is 0 Å². The Kier molecular flexibility index (Phi) is 3.88. The molecule has 1 aliphatic rings. The molecule has 1 aliphatic heterocycles. The van der Waals surface area contributed by atoms with Gasteiger partial charge in [-0.05, 0) is 38.1 Å². The zero-order valence-corrected chi connectivity index (χ0v) is 13.5. The third-order valence-corrected chi connectivity index (χ3v) is 4.04. The lowest BCUT2D eigenvalue weighted by atomic mass is 9.94. The second-order valence-electron chi connectivity index (χ2n) is 5.75. The highest BCUT2D eigenvalue weighted by atomic mass is 16.2. The van der Waals surface area contributed by atoms with Crippen LogP contribution >= 0.6 is 0 Å². The molecule has 2 aromatic carbocycles. The minimum absolute atomic E-state index is 0.142. The molecule has 0 saturated heterocycles. The predicted molar refractivity (Wildman–Crippen MR) is 88.1 cm³/mol. The maximum absolute atomic E-state index is 12.7. The Hall–Kier alpha value is -3.41. The second kappa shape index (κ2) is 5.90. The molecule has 6 heteroatoms. The van der Waals surface area contributed by atoms with Crippen LogP contribution in [0.5, 0.6) is 0 Å².